The van der Waals surface area contributed by atoms with Crippen molar-refractivity contribution in [2.45, 2.75) is 26.1 Å². The predicted octanol–water partition coefficient (Wildman–Crippen LogP) is 1.29. The third-order valence-electron chi connectivity index (χ3n) is 2.39. The van der Waals surface area contributed by atoms with Gasteiger partial charge >= 0.3 is 0 Å². The van der Waals surface area contributed by atoms with Crippen LogP contribution in [0.1, 0.15) is 24.2 Å². The maximum absolute atomic E-state index is 10.7. The van der Waals surface area contributed by atoms with Crippen molar-refractivity contribution in [2.75, 3.05) is 6.54 Å². The average Bonchev–Trinajstić information content (AvgIpc) is 2.28. The second-order valence-corrected chi connectivity index (χ2v) is 4.83. The standard InChI is InChI=1S/C12H16BrNO3/c1-7-3-4-10(13)9(5-7)12(17)11(16)6-14-8(2)15/h3-5,11-12,16-17H,6H2,1-2H3,(H,14,15). The van der Waals surface area contributed by atoms with Gasteiger partial charge in [-0.1, -0.05) is 33.6 Å². The molecule has 2 unspecified atom stereocenters. The van der Waals surface area contributed by atoms with E-state index in [4.69, 9.17) is 0 Å². The quantitative estimate of drug-likeness (QED) is 0.785. The van der Waals surface area contributed by atoms with Gasteiger partial charge in [0.25, 0.3) is 0 Å². The number of rotatable bonds is 4. The number of carbonyl (C=O) groups excluding carboxylic acids is 1. The highest BCUT2D eigenvalue weighted by Gasteiger charge is 2.20. The molecule has 1 amide bonds. The minimum absolute atomic E-state index is 0.0247. The molecule has 0 aliphatic heterocycles. The molecule has 0 aliphatic carbocycles. The largest absolute Gasteiger partial charge is 0.388 e. The maximum Gasteiger partial charge on any atom is 0.216 e. The molecular weight excluding hydrogens is 286 g/mol. The Labute approximate surface area is 109 Å². The number of amides is 1. The fraction of sp³-hybridized carbons (Fsp3) is 0.417. The highest BCUT2D eigenvalue weighted by molar-refractivity contribution is 9.10. The Hall–Kier alpha value is -0.910. The first-order valence-electron chi connectivity index (χ1n) is 5.28. The van der Waals surface area contributed by atoms with Crippen LogP contribution >= 0.6 is 15.9 Å². The molecule has 94 valence electrons. The minimum atomic E-state index is -1.03. The second kappa shape index (κ2) is 6.14. The molecule has 0 heterocycles. The first-order valence-corrected chi connectivity index (χ1v) is 6.07. The molecule has 0 saturated heterocycles. The lowest BCUT2D eigenvalue weighted by atomic mass is 10.0. The lowest BCUT2D eigenvalue weighted by Gasteiger charge is -2.19. The molecule has 1 aromatic carbocycles. The number of benzene rings is 1. The third kappa shape index (κ3) is 4.11. The molecule has 0 bridgehead atoms. The highest BCUT2D eigenvalue weighted by atomic mass is 79.9. The van der Waals surface area contributed by atoms with Crippen molar-refractivity contribution in [2.24, 2.45) is 0 Å². The van der Waals surface area contributed by atoms with Gasteiger partial charge in [0.05, 0.1) is 0 Å². The Balaban J connectivity index is 2.77. The van der Waals surface area contributed by atoms with E-state index in [2.05, 4.69) is 21.2 Å². The topological polar surface area (TPSA) is 69.6 Å². The van der Waals surface area contributed by atoms with Gasteiger partial charge in [-0.15, -0.1) is 0 Å². The number of nitrogens with one attached hydrogen (secondary N) is 1. The highest BCUT2D eigenvalue weighted by Crippen LogP contribution is 2.26. The lowest BCUT2D eigenvalue weighted by Crippen LogP contribution is -2.34. The van der Waals surface area contributed by atoms with Crippen LogP contribution in [-0.2, 0) is 4.79 Å². The van der Waals surface area contributed by atoms with Crippen LogP contribution in [0.15, 0.2) is 22.7 Å². The van der Waals surface area contributed by atoms with Gasteiger partial charge in [0.15, 0.2) is 0 Å². The van der Waals surface area contributed by atoms with Gasteiger partial charge in [0.2, 0.25) is 5.91 Å². The fourth-order valence-electron chi connectivity index (χ4n) is 1.46. The predicted molar refractivity (Wildman–Crippen MR) is 68.5 cm³/mol. The molecule has 3 N–H and O–H groups in total. The Morgan fingerprint density at radius 1 is 1.47 bits per heavy atom. The lowest BCUT2D eigenvalue weighted by molar-refractivity contribution is -0.119. The zero-order chi connectivity index (χ0) is 13.0. The van der Waals surface area contributed by atoms with Gasteiger partial charge < -0.3 is 15.5 Å². The molecule has 1 rings (SSSR count). The minimum Gasteiger partial charge on any atom is -0.388 e. The van der Waals surface area contributed by atoms with Crippen LogP contribution in [-0.4, -0.2) is 28.8 Å². The molecule has 4 nitrogen and oxygen atoms in total. The number of aryl methyl sites for hydroxylation is 1. The van der Waals surface area contributed by atoms with E-state index in [1.807, 2.05) is 19.1 Å². The Bertz CT molecular complexity index is 409. The van der Waals surface area contributed by atoms with Gasteiger partial charge in [-0.3, -0.25) is 4.79 Å². The molecule has 17 heavy (non-hydrogen) atoms. The average molecular weight is 302 g/mol. The molecule has 0 radical (unpaired) electrons. The van der Waals surface area contributed by atoms with Crippen LogP contribution in [0.4, 0.5) is 0 Å². The van der Waals surface area contributed by atoms with Crippen molar-refractivity contribution in [1.82, 2.24) is 5.32 Å². The third-order valence-corrected chi connectivity index (χ3v) is 3.12. The van der Waals surface area contributed by atoms with Crippen molar-refractivity contribution in [1.29, 1.82) is 0 Å². The molecule has 0 saturated carbocycles. The van der Waals surface area contributed by atoms with E-state index in [0.29, 0.717) is 5.56 Å². The van der Waals surface area contributed by atoms with Crippen molar-refractivity contribution in [3.8, 4) is 0 Å². The van der Waals surface area contributed by atoms with E-state index in [9.17, 15) is 15.0 Å². The summed E-state index contributed by atoms with van der Waals surface area (Å²) in [5, 5.41) is 22.2. The van der Waals surface area contributed by atoms with Crippen molar-refractivity contribution in [3.63, 3.8) is 0 Å². The molecule has 5 heteroatoms. The van der Waals surface area contributed by atoms with Gasteiger partial charge in [0.1, 0.15) is 12.2 Å². The van der Waals surface area contributed by atoms with E-state index < -0.39 is 12.2 Å². The van der Waals surface area contributed by atoms with Crippen LogP contribution in [0.5, 0.6) is 0 Å². The summed E-state index contributed by atoms with van der Waals surface area (Å²) in [6.45, 7) is 3.29. The number of hydrogen-bond acceptors (Lipinski definition) is 3. The van der Waals surface area contributed by atoms with Crippen molar-refractivity contribution in [3.05, 3.63) is 33.8 Å². The molecule has 0 spiro atoms. The number of hydrogen-bond donors (Lipinski definition) is 3. The number of halogens is 1. The summed E-state index contributed by atoms with van der Waals surface area (Å²) in [4.78, 5) is 10.7. The van der Waals surface area contributed by atoms with E-state index in [1.54, 1.807) is 6.07 Å². The SMILES string of the molecule is CC(=O)NCC(O)C(O)c1cc(C)ccc1Br. The Morgan fingerprint density at radius 3 is 2.71 bits per heavy atom. The second-order valence-electron chi connectivity index (χ2n) is 3.97. The zero-order valence-electron chi connectivity index (χ0n) is 9.77. The monoisotopic (exact) mass is 301 g/mol. The number of aliphatic hydroxyl groups is 2. The van der Waals surface area contributed by atoms with E-state index in [1.165, 1.54) is 6.92 Å². The number of carbonyl (C=O) groups is 1. The summed E-state index contributed by atoms with van der Waals surface area (Å²) in [5.74, 6) is -0.237. The van der Waals surface area contributed by atoms with Crippen LogP contribution in [0.3, 0.4) is 0 Å². The Morgan fingerprint density at radius 2 is 2.12 bits per heavy atom. The number of aliphatic hydroxyl groups excluding tert-OH is 2. The molecule has 0 aromatic heterocycles. The summed E-state index contributed by atoms with van der Waals surface area (Å²) < 4.78 is 0.734. The molecule has 0 aliphatic rings. The summed E-state index contributed by atoms with van der Waals surface area (Å²) in [6.07, 6.45) is -2.06. The van der Waals surface area contributed by atoms with E-state index >= 15 is 0 Å². The first kappa shape index (κ1) is 14.2. The fourth-order valence-corrected chi connectivity index (χ4v) is 1.94. The van der Waals surface area contributed by atoms with Crippen LogP contribution < -0.4 is 5.32 Å². The van der Waals surface area contributed by atoms with E-state index in [-0.39, 0.29) is 12.5 Å². The van der Waals surface area contributed by atoms with E-state index in [0.717, 1.165) is 10.0 Å². The normalized spacial score (nSPS) is 14.2. The summed E-state index contributed by atoms with van der Waals surface area (Å²) in [5.41, 5.74) is 1.61. The molecule has 2 atom stereocenters. The maximum atomic E-state index is 10.7. The summed E-state index contributed by atoms with van der Waals surface area (Å²) in [6, 6.07) is 5.52. The molecule has 1 aromatic rings. The Kier molecular flexibility index (Phi) is 5.11. The van der Waals surface area contributed by atoms with Gasteiger partial charge in [-0.25, -0.2) is 0 Å². The van der Waals surface area contributed by atoms with Crippen LogP contribution in [0, 0.1) is 6.92 Å². The van der Waals surface area contributed by atoms with Gasteiger partial charge in [-0.2, -0.15) is 0 Å². The molecular formula is C12H16BrNO3. The first-order chi connectivity index (χ1) is 7.91. The summed E-state index contributed by atoms with van der Waals surface area (Å²) in [7, 11) is 0. The van der Waals surface area contributed by atoms with Crippen LogP contribution in [0.2, 0.25) is 0 Å². The van der Waals surface area contributed by atoms with Crippen LogP contribution in [0.25, 0.3) is 0 Å². The van der Waals surface area contributed by atoms with Gasteiger partial charge in [0, 0.05) is 17.9 Å². The van der Waals surface area contributed by atoms with Gasteiger partial charge in [-0.05, 0) is 18.6 Å². The van der Waals surface area contributed by atoms with Crippen molar-refractivity contribution >= 4 is 21.8 Å². The zero-order valence-corrected chi connectivity index (χ0v) is 11.4. The smallest absolute Gasteiger partial charge is 0.216 e. The van der Waals surface area contributed by atoms with Crippen molar-refractivity contribution < 1.29 is 15.0 Å². The summed E-state index contributed by atoms with van der Waals surface area (Å²) >= 11 is 3.32. The molecule has 0 fully saturated rings.